The van der Waals surface area contributed by atoms with E-state index >= 15 is 0 Å². The summed E-state index contributed by atoms with van der Waals surface area (Å²) in [6.45, 7) is -1.17. The molecule has 1 rings (SSSR count). The standard InChI is InChI=1S/C8H6F4INO2/c1-15-6-2-4(13)7(5(3-9)14-6)16-8(10,11)12/h2H,3H2,1H3. The molecule has 0 saturated carbocycles. The fourth-order valence-electron chi connectivity index (χ4n) is 0.946. The van der Waals surface area contributed by atoms with Crippen molar-refractivity contribution in [1.29, 1.82) is 0 Å². The highest BCUT2D eigenvalue weighted by Gasteiger charge is 2.33. The van der Waals surface area contributed by atoms with Crippen LogP contribution in [-0.2, 0) is 6.67 Å². The molecule has 8 heteroatoms. The maximum atomic E-state index is 12.5. The van der Waals surface area contributed by atoms with Crippen molar-refractivity contribution >= 4 is 22.6 Å². The summed E-state index contributed by atoms with van der Waals surface area (Å²) >= 11 is 1.59. The number of hydrogen-bond acceptors (Lipinski definition) is 3. The van der Waals surface area contributed by atoms with Crippen LogP contribution in [0.15, 0.2) is 6.07 Å². The van der Waals surface area contributed by atoms with Crippen molar-refractivity contribution in [2.75, 3.05) is 7.11 Å². The largest absolute Gasteiger partial charge is 0.573 e. The van der Waals surface area contributed by atoms with Gasteiger partial charge in [0.1, 0.15) is 12.4 Å². The highest BCUT2D eigenvalue weighted by molar-refractivity contribution is 14.1. The van der Waals surface area contributed by atoms with Crippen LogP contribution < -0.4 is 9.47 Å². The average Bonchev–Trinajstić information content (AvgIpc) is 2.19. The van der Waals surface area contributed by atoms with Gasteiger partial charge in [-0.25, -0.2) is 9.37 Å². The fourth-order valence-corrected chi connectivity index (χ4v) is 1.63. The van der Waals surface area contributed by atoms with Gasteiger partial charge in [-0.15, -0.1) is 13.2 Å². The van der Waals surface area contributed by atoms with Gasteiger partial charge in [0, 0.05) is 6.07 Å². The van der Waals surface area contributed by atoms with Gasteiger partial charge in [-0.1, -0.05) is 0 Å². The third kappa shape index (κ3) is 3.35. The van der Waals surface area contributed by atoms with Crippen LogP contribution in [0.5, 0.6) is 11.6 Å². The van der Waals surface area contributed by atoms with Crippen LogP contribution in [0, 0.1) is 3.57 Å². The van der Waals surface area contributed by atoms with Crippen molar-refractivity contribution in [1.82, 2.24) is 4.98 Å². The van der Waals surface area contributed by atoms with Gasteiger partial charge in [0.25, 0.3) is 0 Å². The fraction of sp³-hybridized carbons (Fsp3) is 0.375. The summed E-state index contributed by atoms with van der Waals surface area (Å²) in [6.07, 6.45) is -4.87. The summed E-state index contributed by atoms with van der Waals surface area (Å²) in [6, 6.07) is 1.22. The second kappa shape index (κ2) is 5.02. The second-order valence-electron chi connectivity index (χ2n) is 2.60. The number of nitrogens with zero attached hydrogens (tertiary/aromatic N) is 1. The third-order valence-corrected chi connectivity index (χ3v) is 2.33. The number of aromatic nitrogens is 1. The average molecular weight is 351 g/mol. The summed E-state index contributed by atoms with van der Waals surface area (Å²) < 4.78 is 57.0. The van der Waals surface area contributed by atoms with Gasteiger partial charge in [-0.05, 0) is 22.6 Å². The van der Waals surface area contributed by atoms with Crippen molar-refractivity contribution in [3.8, 4) is 11.6 Å². The Hall–Kier alpha value is -0.800. The first kappa shape index (κ1) is 13.3. The lowest BCUT2D eigenvalue weighted by Crippen LogP contribution is -2.19. The first-order chi connectivity index (χ1) is 7.37. The molecule has 0 amide bonds. The molecule has 0 aliphatic heterocycles. The molecule has 3 nitrogen and oxygen atoms in total. The third-order valence-electron chi connectivity index (χ3n) is 1.53. The number of methoxy groups -OCH3 is 1. The summed E-state index contributed by atoms with van der Waals surface area (Å²) in [5.41, 5.74) is -0.443. The Labute approximate surface area is 102 Å². The van der Waals surface area contributed by atoms with E-state index in [1.54, 1.807) is 22.6 Å². The molecule has 90 valence electrons. The maximum absolute atomic E-state index is 12.5. The van der Waals surface area contributed by atoms with Crippen LogP contribution in [0.1, 0.15) is 5.69 Å². The topological polar surface area (TPSA) is 31.4 Å². The van der Waals surface area contributed by atoms with Crippen LogP contribution in [0.4, 0.5) is 17.6 Å². The predicted molar refractivity (Wildman–Crippen MR) is 55.0 cm³/mol. The van der Waals surface area contributed by atoms with Gasteiger partial charge in [0.15, 0.2) is 5.75 Å². The van der Waals surface area contributed by atoms with Crippen LogP contribution in [-0.4, -0.2) is 18.5 Å². The van der Waals surface area contributed by atoms with Gasteiger partial charge >= 0.3 is 6.36 Å². The Balaban J connectivity index is 3.16. The van der Waals surface area contributed by atoms with E-state index in [0.29, 0.717) is 0 Å². The normalized spacial score (nSPS) is 11.4. The highest BCUT2D eigenvalue weighted by atomic mass is 127. The van der Waals surface area contributed by atoms with E-state index in [1.807, 2.05) is 0 Å². The van der Waals surface area contributed by atoms with E-state index in [4.69, 9.17) is 4.74 Å². The molecule has 0 aliphatic rings. The van der Waals surface area contributed by atoms with Gasteiger partial charge in [0.2, 0.25) is 5.88 Å². The number of rotatable bonds is 3. The van der Waals surface area contributed by atoms with Crippen molar-refractivity contribution < 1.29 is 27.0 Å². The van der Waals surface area contributed by atoms with Gasteiger partial charge in [-0.2, -0.15) is 0 Å². The highest BCUT2D eigenvalue weighted by Crippen LogP contribution is 2.32. The molecule has 1 heterocycles. The molecule has 1 aromatic heterocycles. The molecule has 0 unspecified atom stereocenters. The molecule has 0 radical (unpaired) electrons. The second-order valence-corrected chi connectivity index (χ2v) is 3.77. The number of ether oxygens (including phenoxy) is 2. The summed E-state index contributed by atoms with van der Waals surface area (Å²) in [5, 5.41) is 0. The zero-order valence-corrected chi connectivity index (χ0v) is 10.1. The van der Waals surface area contributed by atoms with E-state index < -0.39 is 24.5 Å². The van der Waals surface area contributed by atoms with Crippen LogP contribution in [0.2, 0.25) is 0 Å². The van der Waals surface area contributed by atoms with E-state index in [2.05, 4.69) is 9.72 Å². The summed E-state index contributed by atoms with van der Waals surface area (Å²) in [5.74, 6) is -0.594. The van der Waals surface area contributed by atoms with Crippen molar-refractivity contribution in [3.05, 3.63) is 15.3 Å². The Morgan fingerprint density at radius 1 is 1.44 bits per heavy atom. The quantitative estimate of drug-likeness (QED) is 0.620. The number of pyridine rings is 1. The molecule has 1 aromatic rings. The molecule has 0 N–H and O–H groups in total. The number of halogens is 5. The van der Waals surface area contributed by atoms with E-state index in [-0.39, 0.29) is 9.45 Å². The molecule has 0 spiro atoms. The molecule has 0 aromatic carbocycles. The molecular weight excluding hydrogens is 345 g/mol. The zero-order valence-electron chi connectivity index (χ0n) is 7.94. The minimum Gasteiger partial charge on any atom is -0.481 e. The van der Waals surface area contributed by atoms with Crippen LogP contribution in [0.25, 0.3) is 0 Å². The molecule has 0 bridgehead atoms. The lowest BCUT2D eigenvalue weighted by Gasteiger charge is -2.13. The summed E-state index contributed by atoms with van der Waals surface area (Å²) in [7, 11) is 1.28. The minimum absolute atomic E-state index is 0.0339. The molecule has 0 fully saturated rings. The SMILES string of the molecule is COc1cc(I)c(OC(F)(F)F)c(CF)n1. The first-order valence-corrected chi connectivity index (χ1v) is 5.00. The Kier molecular flexibility index (Phi) is 4.16. The van der Waals surface area contributed by atoms with E-state index in [0.717, 1.165) is 0 Å². The molecule has 0 aliphatic carbocycles. The Morgan fingerprint density at radius 3 is 2.50 bits per heavy atom. The molecule has 16 heavy (non-hydrogen) atoms. The number of alkyl halides is 4. The minimum atomic E-state index is -4.87. The Bertz CT molecular complexity index is 383. The lowest BCUT2D eigenvalue weighted by atomic mass is 10.3. The smallest absolute Gasteiger partial charge is 0.481 e. The van der Waals surface area contributed by atoms with Crippen LogP contribution in [0.3, 0.4) is 0 Å². The van der Waals surface area contributed by atoms with Gasteiger partial charge < -0.3 is 9.47 Å². The predicted octanol–water partition coefficient (Wildman–Crippen LogP) is 3.06. The van der Waals surface area contributed by atoms with Crippen molar-refractivity contribution in [2.45, 2.75) is 13.0 Å². The van der Waals surface area contributed by atoms with Gasteiger partial charge in [-0.3, -0.25) is 0 Å². The Morgan fingerprint density at radius 2 is 2.06 bits per heavy atom. The van der Waals surface area contributed by atoms with Crippen molar-refractivity contribution in [2.24, 2.45) is 0 Å². The molecular formula is C8H6F4INO2. The first-order valence-electron chi connectivity index (χ1n) is 3.92. The van der Waals surface area contributed by atoms with E-state index in [9.17, 15) is 17.6 Å². The zero-order chi connectivity index (χ0) is 12.3. The monoisotopic (exact) mass is 351 g/mol. The summed E-state index contributed by atoms with van der Waals surface area (Å²) in [4.78, 5) is 3.53. The van der Waals surface area contributed by atoms with Crippen LogP contribution >= 0.6 is 22.6 Å². The molecule has 0 saturated heterocycles. The lowest BCUT2D eigenvalue weighted by molar-refractivity contribution is -0.275. The maximum Gasteiger partial charge on any atom is 0.573 e. The van der Waals surface area contributed by atoms with Crippen molar-refractivity contribution in [3.63, 3.8) is 0 Å². The number of hydrogen-bond donors (Lipinski definition) is 0. The van der Waals surface area contributed by atoms with Gasteiger partial charge in [0.05, 0.1) is 10.7 Å². The molecule has 0 atom stereocenters. The van der Waals surface area contributed by atoms with E-state index in [1.165, 1.54) is 13.2 Å².